The van der Waals surface area contributed by atoms with E-state index < -0.39 is 8.32 Å². The summed E-state index contributed by atoms with van der Waals surface area (Å²) in [5, 5.41) is 0. The first-order chi connectivity index (χ1) is 19.7. The average molecular weight is 559 g/mol. The molecule has 0 spiro atoms. The van der Waals surface area contributed by atoms with Crippen molar-refractivity contribution in [3.63, 3.8) is 0 Å². The van der Waals surface area contributed by atoms with Crippen LogP contribution in [0.3, 0.4) is 0 Å². The summed E-state index contributed by atoms with van der Waals surface area (Å²) in [6.07, 6.45) is 0.758. The van der Waals surface area contributed by atoms with Crippen molar-refractivity contribution >= 4 is 8.32 Å². The van der Waals surface area contributed by atoms with E-state index in [-0.39, 0.29) is 36.1 Å². The van der Waals surface area contributed by atoms with Gasteiger partial charge in [0.1, 0.15) is 24.4 Å². The average Bonchev–Trinajstić information content (AvgIpc) is 3.34. The van der Waals surface area contributed by atoms with Crippen LogP contribution in [0.15, 0.2) is 104 Å². The molecule has 0 radical (unpaired) electrons. The van der Waals surface area contributed by atoms with E-state index in [1.165, 1.54) is 0 Å². The van der Waals surface area contributed by atoms with E-state index in [4.69, 9.17) is 23.4 Å². The van der Waals surface area contributed by atoms with Crippen LogP contribution in [-0.2, 0) is 43.2 Å². The first-order valence-electron chi connectivity index (χ1n) is 14.6. The molecular formula is C34H42O5Si. The van der Waals surface area contributed by atoms with Crippen molar-refractivity contribution in [2.45, 2.75) is 81.8 Å². The lowest BCUT2D eigenvalue weighted by Gasteiger charge is -2.44. The lowest BCUT2D eigenvalue weighted by molar-refractivity contribution is -0.247. The van der Waals surface area contributed by atoms with Crippen molar-refractivity contribution in [1.29, 1.82) is 0 Å². The summed E-state index contributed by atoms with van der Waals surface area (Å²) in [4.78, 5) is 0. The molecule has 0 unspecified atom stereocenters. The van der Waals surface area contributed by atoms with Gasteiger partial charge in [-0.3, -0.25) is 0 Å². The van der Waals surface area contributed by atoms with Gasteiger partial charge in [-0.05, 0) is 28.8 Å². The van der Waals surface area contributed by atoms with E-state index in [2.05, 4.69) is 62.9 Å². The van der Waals surface area contributed by atoms with Gasteiger partial charge in [-0.25, -0.2) is 0 Å². The maximum absolute atomic E-state index is 7.06. The summed E-state index contributed by atoms with van der Waals surface area (Å²) in [6.45, 7) is 10.6. The van der Waals surface area contributed by atoms with E-state index in [1.807, 2.05) is 54.6 Å². The summed E-state index contributed by atoms with van der Waals surface area (Å²) in [6, 6.07) is 32.8. The molecule has 5 nitrogen and oxygen atoms in total. The molecule has 0 saturated carbocycles. The van der Waals surface area contributed by atoms with E-state index in [0.717, 1.165) is 28.8 Å². The number of benzene rings is 3. The van der Waals surface area contributed by atoms with Gasteiger partial charge in [-0.1, -0.05) is 111 Å². The highest BCUT2D eigenvalue weighted by Gasteiger charge is 2.61. The quantitative estimate of drug-likeness (QED) is 0.166. The third-order valence-electron chi connectivity index (χ3n) is 8.42. The van der Waals surface area contributed by atoms with Crippen LogP contribution in [0.4, 0.5) is 0 Å². The maximum Gasteiger partial charge on any atom is 0.202 e. The lowest BCUT2D eigenvalue weighted by Crippen LogP contribution is -2.59. The predicted molar refractivity (Wildman–Crippen MR) is 160 cm³/mol. The first-order valence-corrected chi connectivity index (χ1v) is 17.0. The number of fused-ring (bicyclic) bond motifs is 1. The first kappa shape index (κ1) is 28.9. The fourth-order valence-electron chi connectivity index (χ4n) is 6.18. The molecule has 2 aliphatic heterocycles. The van der Waals surface area contributed by atoms with Crippen molar-refractivity contribution in [2.24, 2.45) is 0 Å². The van der Waals surface area contributed by atoms with Gasteiger partial charge >= 0.3 is 0 Å². The summed E-state index contributed by atoms with van der Waals surface area (Å²) in [7, 11) is -2.14. The molecule has 0 aliphatic carbocycles. The molecule has 2 fully saturated rings. The predicted octanol–water partition coefficient (Wildman–Crippen LogP) is 7.08. The minimum Gasteiger partial charge on any atom is -0.408 e. The molecule has 0 N–H and O–H groups in total. The van der Waals surface area contributed by atoms with Crippen LogP contribution in [0.5, 0.6) is 0 Å². The lowest BCUT2D eigenvalue weighted by atomic mass is 9.92. The van der Waals surface area contributed by atoms with Crippen molar-refractivity contribution in [2.75, 3.05) is 6.61 Å². The fraction of sp³-hybridized carbons (Fsp3) is 0.412. The minimum atomic E-state index is -2.14. The summed E-state index contributed by atoms with van der Waals surface area (Å²) < 4.78 is 33.7. The van der Waals surface area contributed by atoms with Gasteiger partial charge in [0.25, 0.3) is 0 Å². The Labute approximate surface area is 240 Å². The number of hydrogen-bond acceptors (Lipinski definition) is 5. The van der Waals surface area contributed by atoms with Gasteiger partial charge in [0, 0.05) is 5.54 Å². The highest BCUT2D eigenvalue weighted by atomic mass is 28.4. The Hall–Kier alpha value is -2.58. The van der Waals surface area contributed by atoms with E-state index in [0.29, 0.717) is 26.4 Å². The SMILES string of the molecule is C=C[C@H]1[C@@H]2O[C@H](COCc3ccccc3)[C@@H](OCc3ccccc3)[C@H](OCc3ccccc3)[C@@H]2O[Si]1(CC)CC. The molecule has 2 saturated heterocycles. The van der Waals surface area contributed by atoms with Crippen LogP contribution in [-0.4, -0.2) is 45.4 Å². The summed E-state index contributed by atoms with van der Waals surface area (Å²) in [5.74, 6) is 0. The zero-order valence-electron chi connectivity index (χ0n) is 23.7. The minimum absolute atomic E-state index is 0.133. The van der Waals surface area contributed by atoms with E-state index in [9.17, 15) is 0 Å². The van der Waals surface area contributed by atoms with E-state index >= 15 is 0 Å². The van der Waals surface area contributed by atoms with Crippen LogP contribution < -0.4 is 0 Å². The highest BCUT2D eigenvalue weighted by Crippen LogP contribution is 2.49. The number of ether oxygens (including phenoxy) is 4. The molecule has 2 heterocycles. The molecular weight excluding hydrogens is 516 g/mol. The summed E-state index contributed by atoms with van der Waals surface area (Å²) in [5.41, 5.74) is 3.54. The fourth-order valence-corrected chi connectivity index (χ4v) is 10.2. The van der Waals surface area contributed by atoms with Crippen molar-refractivity contribution in [3.8, 4) is 0 Å². The topological polar surface area (TPSA) is 46.2 Å². The molecule has 212 valence electrons. The highest BCUT2D eigenvalue weighted by molar-refractivity contribution is 6.76. The van der Waals surface area contributed by atoms with Gasteiger partial charge in [0.2, 0.25) is 8.32 Å². The van der Waals surface area contributed by atoms with Crippen molar-refractivity contribution < 1.29 is 23.4 Å². The van der Waals surface area contributed by atoms with Gasteiger partial charge in [-0.15, -0.1) is 6.58 Å². The second kappa shape index (κ2) is 13.9. The van der Waals surface area contributed by atoms with Crippen molar-refractivity contribution in [3.05, 3.63) is 120 Å². The molecule has 40 heavy (non-hydrogen) atoms. The summed E-state index contributed by atoms with van der Waals surface area (Å²) >= 11 is 0. The second-order valence-electron chi connectivity index (χ2n) is 10.8. The van der Waals surface area contributed by atoms with Gasteiger partial charge in [0.15, 0.2) is 0 Å². The third kappa shape index (κ3) is 6.49. The Morgan fingerprint density at radius 1 is 0.700 bits per heavy atom. The molecule has 2 aliphatic rings. The number of rotatable bonds is 13. The van der Waals surface area contributed by atoms with Crippen LogP contribution in [0.1, 0.15) is 30.5 Å². The van der Waals surface area contributed by atoms with Crippen molar-refractivity contribution in [1.82, 2.24) is 0 Å². The molecule has 0 bridgehead atoms. The Bertz CT molecular complexity index is 1170. The van der Waals surface area contributed by atoms with Gasteiger partial charge in [-0.2, -0.15) is 0 Å². The molecule has 6 heteroatoms. The molecule has 5 rings (SSSR count). The largest absolute Gasteiger partial charge is 0.408 e. The zero-order valence-corrected chi connectivity index (χ0v) is 24.7. The second-order valence-corrected chi connectivity index (χ2v) is 15.2. The van der Waals surface area contributed by atoms with Crippen LogP contribution in [0, 0.1) is 0 Å². The monoisotopic (exact) mass is 558 g/mol. The van der Waals surface area contributed by atoms with Gasteiger partial charge < -0.3 is 23.4 Å². The Balaban J connectivity index is 1.43. The van der Waals surface area contributed by atoms with Crippen LogP contribution in [0.2, 0.25) is 17.6 Å². The number of hydrogen-bond donors (Lipinski definition) is 0. The molecule has 3 aromatic rings. The van der Waals surface area contributed by atoms with Crippen LogP contribution >= 0.6 is 0 Å². The molecule has 6 atom stereocenters. The normalized spacial score (nSPS) is 27.2. The molecule has 3 aromatic carbocycles. The maximum atomic E-state index is 7.06. The molecule has 0 aromatic heterocycles. The standard InChI is InChI=1S/C34H42O5Si/c1-4-30-32-34(39-40(30,5-2)6-3)33(37-24-28-20-14-9-15-21-28)31(36-23-27-18-12-8-13-19-27)29(38-32)25-35-22-26-16-10-7-11-17-26/h4,7-21,29-34H,1,5-6,22-25H2,2-3H3/t29-,30+,31-,32+,33+,34-/m1/s1. The Kier molecular flexibility index (Phi) is 10.0. The Morgan fingerprint density at radius 2 is 1.20 bits per heavy atom. The molecule has 0 amide bonds. The smallest absolute Gasteiger partial charge is 0.202 e. The zero-order chi connectivity index (χ0) is 27.8. The van der Waals surface area contributed by atoms with Gasteiger partial charge in [0.05, 0.1) is 32.5 Å². The van der Waals surface area contributed by atoms with E-state index in [1.54, 1.807) is 0 Å². The van der Waals surface area contributed by atoms with Crippen LogP contribution in [0.25, 0.3) is 0 Å². The Morgan fingerprint density at radius 3 is 1.70 bits per heavy atom. The third-order valence-corrected chi connectivity index (χ3v) is 13.3.